The second-order valence-corrected chi connectivity index (χ2v) is 6.89. The van der Waals surface area contributed by atoms with Gasteiger partial charge in [0, 0.05) is 44.0 Å². The summed E-state index contributed by atoms with van der Waals surface area (Å²) in [5.74, 6) is 0.943. The summed E-state index contributed by atoms with van der Waals surface area (Å²) in [6, 6.07) is 18.1. The van der Waals surface area contributed by atoms with Gasteiger partial charge in [-0.05, 0) is 42.5 Å². The van der Waals surface area contributed by atoms with Crippen LogP contribution in [0.4, 0.5) is 5.69 Å². The third-order valence-corrected chi connectivity index (χ3v) is 5.57. The fourth-order valence-electron chi connectivity index (χ4n) is 4.14. The van der Waals surface area contributed by atoms with E-state index in [1.165, 1.54) is 24.9 Å². The van der Waals surface area contributed by atoms with E-state index in [0.717, 1.165) is 31.9 Å². The topological polar surface area (TPSA) is 15.7 Å². The maximum Gasteiger partial charge on any atom is 0.120 e. The number of aryl methyl sites for hydroxylation is 1. The van der Waals surface area contributed by atoms with Gasteiger partial charge in [-0.15, -0.1) is 0 Å². The number of benzene rings is 2. The van der Waals surface area contributed by atoms with Crippen molar-refractivity contribution in [1.82, 2.24) is 4.90 Å². The molecule has 1 fully saturated rings. The summed E-state index contributed by atoms with van der Waals surface area (Å²) in [7, 11) is 1.73. The van der Waals surface area contributed by atoms with Gasteiger partial charge >= 0.3 is 0 Å². The van der Waals surface area contributed by atoms with Crippen LogP contribution in [0.25, 0.3) is 0 Å². The Kier molecular flexibility index (Phi) is 4.44. The van der Waals surface area contributed by atoms with Crippen molar-refractivity contribution in [2.24, 2.45) is 0 Å². The number of nitrogens with zero attached hydrogens (tertiary/aromatic N) is 2. The fourth-order valence-corrected chi connectivity index (χ4v) is 4.14. The molecule has 1 atom stereocenters. The van der Waals surface area contributed by atoms with Gasteiger partial charge in [0.25, 0.3) is 0 Å². The number of piperazine rings is 1. The highest BCUT2D eigenvalue weighted by Crippen LogP contribution is 2.27. The minimum absolute atomic E-state index is 0.715. The Morgan fingerprint density at radius 1 is 0.917 bits per heavy atom. The molecule has 0 bridgehead atoms. The van der Waals surface area contributed by atoms with Gasteiger partial charge in [-0.1, -0.05) is 30.3 Å². The van der Waals surface area contributed by atoms with Crippen molar-refractivity contribution in [2.45, 2.75) is 25.3 Å². The van der Waals surface area contributed by atoms with Crippen molar-refractivity contribution in [3.63, 3.8) is 0 Å². The van der Waals surface area contributed by atoms with Crippen molar-refractivity contribution in [3.8, 4) is 5.75 Å². The van der Waals surface area contributed by atoms with Gasteiger partial charge in [0.05, 0.1) is 7.11 Å². The van der Waals surface area contributed by atoms with E-state index in [2.05, 4.69) is 52.3 Å². The highest BCUT2D eigenvalue weighted by molar-refractivity contribution is 5.51. The Labute approximate surface area is 144 Å². The molecular formula is C21H26N2O. The van der Waals surface area contributed by atoms with E-state index in [1.54, 1.807) is 18.2 Å². The fraction of sp³-hybridized carbons (Fsp3) is 0.429. The predicted octanol–water partition coefficient (Wildman–Crippen LogP) is 3.37. The third kappa shape index (κ3) is 3.13. The van der Waals surface area contributed by atoms with E-state index >= 15 is 0 Å². The Bertz CT molecular complexity index is 692. The van der Waals surface area contributed by atoms with Crippen LogP contribution in [0.2, 0.25) is 0 Å². The van der Waals surface area contributed by atoms with Crippen LogP contribution in [0.5, 0.6) is 5.75 Å². The molecule has 0 spiro atoms. The minimum atomic E-state index is 0.715. The molecule has 0 amide bonds. The molecule has 2 aliphatic rings. The van der Waals surface area contributed by atoms with Crippen molar-refractivity contribution in [3.05, 3.63) is 59.7 Å². The van der Waals surface area contributed by atoms with Crippen LogP contribution in [-0.2, 0) is 12.8 Å². The Hall–Kier alpha value is -2.00. The molecular weight excluding hydrogens is 296 g/mol. The Morgan fingerprint density at radius 2 is 1.71 bits per heavy atom. The number of anilines is 1. The molecule has 24 heavy (non-hydrogen) atoms. The maximum atomic E-state index is 5.36. The van der Waals surface area contributed by atoms with E-state index in [-0.39, 0.29) is 0 Å². The molecule has 0 saturated carbocycles. The number of hydrogen-bond donors (Lipinski definition) is 0. The van der Waals surface area contributed by atoms with Gasteiger partial charge < -0.3 is 9.64 Å². The Balaban J connectivity index is 1.38. The van der Waals surface area contributed by atoms with Gasteiger partial charge in [0.1, 0.15) is 5.75 Å². The molecule has 4 rings (SSSR count). The standard InChI is InChI=1S/C21H26N2O/c1-24-21-8-4-7-19(16-21)22-11-13-23(14-12-22)20-10-9-17-5-2-3-6-18(17)15-20/h2-8,16,20H,9-15H2,1H3. The summed E-state index contributed by atoms with van der Waals surface area (Å²) in [5, 5.41) is 0. The van der Waals surface area contributed by atoms with Crippen LogP contribution in [0.3, 0.4) is 0 Å². The van der Waals surface area contributed by atoms with Crippen molar-refractivity contribution in [2.75, 3.05) is 38.2 Å². The number of methoxy groups -OCH3 is 1. The van der Waals surface area contributed by atoms with E-state index in [9.17, 15) is 0 Å². The zero-order valence-electron chi connectivity index (χ0n) is 14.4. The van der Waals surface area contributed by atoms with E-state index in [4.69, 9.17) is 4.74 Å². The number of hydrogen-bond acceptors (Lipinski definition) is 3. The average molecular weight is 322 g/mol. The van der Waals surface area contributed by atoms with Gasteiger partial charge in [-0.2, -0.15) is 0 Å². The lowest BCUT2D eigenvalue weighted by molar-refractivity contribution is 0.170. The highest BCUT2D eigenvalue weighted by Gasteiger charge is 2.27. The van der Waals surface area contributed by atoms with E-state index < -0.39 is 0 Å². The maximum absolute atomic E-state index is 5.36. The summed E-state index contributed by atoms with van der Waals surface area (Å²) >= 11 is 0. The molecule has 1 heterocycles. The molecule has 2 aromatic rings. The predicted molar refractivity (Wildman–Crippen MR) is 99.0 cm³/mol. The van der Waals surface area contributed by atoms with Gasteiger partial charge in [0.2, 0.25) is 0 Å². The number of ether oxygens (including phenoxy) is 1. The lowest BCUT2D eigenvalue weighted by atomic mass is 9.87. The van der Waals surface area contributed by atoms with Crippen LogP contribution < -0.4 is 9.64 Å². The third-order valence-electron chi connectivity index (χ3n) is 5.57. The second kappa shape index (κ2) is 6.86. The lowest BCUT2D eigenvalue weighted by Gasteiger charge is -2.42. The summed E-state index contributed by atoms with van der Waals surface area (Å²) in [4.78, 5) is 5.18. The molecule has 3 heteroatoms. The summed E-state index contributed by atoms with van der Waals surface area (Å²) in [5.41, 5.74) is 4.40. The number of rotatable bonds is 3. The van der Waals surface area contributed by atoms with Crippen LogP contribution in [0.15, 0.2) is 48.5 Å². The largest absolute Gasteiger partial charge is 0.497 e. The van der Waals surface area contributed by atoms with Crippen molar-refractivity contribution < 1.29 is 4.74 Å². The van der Waals surface area contributed by atoms with Gasteiger partial charge in [-0.3, -0.25) is 4.90 Å². The number of fused-ring (bicyclic) bond motifs is 1. The molecule has 2 aromatic carbocycles. The summed E-state index contributed by atoms with van der Waals surface area (Å²) in [6.07, 6.45) is 3.75. The molecule has 0 N–H and O–H groups in total. The molecule has 126 valence electrons. The van der Waals surface area contributed by atoms with E-state index in [1.807, 2.05) is 6.07 Å². The van der Waals surface area contributed by atoms with Crippen LogP contribution in [-0.4, -0.2) is 44.2 Å². The molecule has 0 radical (unpaired) electrons. The second-order valence-electron chi connectivity index (χ2n) is 6.89. The molecule has 1 saturated heterocycles. The first-order chi connectivity index (χ1) is 11.8. The average Bonchev–Trinajstić information content (AvgIpc) is 2.68. The zero-order valence-corrected chi connectivity index (χ0v) is 14.4. The van der Waals surface area contributed by atoms with Crippen LogP contribution in [0, 0.1) is 0 Å². The summed E-state index contributed by atoms with van der Waals surface area (Å²) in [6.45, 7) is 4.52. The normalized spacial score (nSPS) is 21.4. The lowest BCUT2D eigenvalue weighted by Crippen LogP contribution is -2.51. The quantitative estimate of drug-likeness (QED) is 0.862. The first kappa shape index (κ1) is 15.5. The molecule has 3 nitrogen and oxygen atoms in total. The van der Waals surface area contributed by atoms with Crippen LogP contribution >= 0.6 is 0 Å². The Morgan fingerprint density at radius 3 is 2.50 bits per heavy atom. The first-order valence-electron chi connectivity index (χ1n) is 9.03. The van der Waals surface area contributed by atoms with Crippen LogP contribution in [0.1, 0.15) is 17.5 Å². The first-order valence-corrected chi connectivity index (χ1v) is 9.03. The van der Waals surface area contributed by atoms with Gasteiger partial charge in [0.15, 0.2) is 0 Å². The highest BCUT2D eigenvalue weighted by atomic mass is 16.5. The SMILES string of the molecule is COc1cccc(N2CCN(C3CCc4ccccc4C3)CC2)c1. The zero-order chi connectivity index (χ0) is 16.4. The van der Waals surface area contributed by atoms with Crippen molar-refractivity contribution >= 4 is 5.69 Å². The van der Waals surface area contributed by atoms with Crippen molar-refractivity contribution in [1.29, 1.82) is 0 Å². The molecule has 1 aliphatic heterocycles. The smallest absolute Gasteiger partial charge is 0.120 e. The monoisotopic (exact) mass is 322 g/mol. The van der Waals surface area contributed by atoms with Gasteiger partial charge in [-0.25, -0.2) is 0 Å². The molecule has 1 aliphatic carbocycles. The molecule has 1 unspecified atom stereocenters. The minimum Gasteiger partial charge on any atom is -0.497 e. The van der Waals surface area contributed by atoms with E-state index in [0.29, 0.717) is 6.04 Å². The summed E-state index contributed by atoms with van der Waals surface area (Å²) < 4.78 is 5.36. The molecule has 0 aromatic heterocycles.